The first-order valence-electron chi connectivity index (χ1n) is 19.8. The normalized spacial score (nSPS) is 17.3. The van der Waals surface area contributed by atoms with Gasteiger partial charge in [0.15, 0.2) is 5.78 Å². The number of aromatic nitrogens is 2. The summed E-state index contributed by atoms with van der Waals surface area (Å²) < 4.78 is 4.03. The lowest BCUT2D eigenvalue weighted by atomic mass is 9.80. The Morgan fingerprint density at radius 3 is 1.74 bits per heavy atom. The van der Waals surface area contributed by atoms with E-state index in [0.717, 1.165) is 67.0 Å². The van der Waals surface area contributed by atoms with E-state index in [1.165, 1.54) is 0 Å². The second-order valence-corrected chi connectivity index (χ2v) is 15.7. The van der Waals surface area contributed by atoms with Crippen LogP contribution in [0.4, 0.5) is 0 Å². The third-order valence-electron chi connectivity index (χ3n) is 11.5. The Bertz CT molecular complexity index is 2570. The van der Waals surface area contributed by atoms with Gasteiger partial charge in [-0.25, -0.2) is 0 Å². The minimum absolute atomic E-state index is 0.136. The fourth-order valence-electron chi connectivity index (χ4n) is 9.24. The van der Waals surface area contributed by atoms with Crippen molar-refractivity contribution >= 4 is 17.4 Å². The number of nitrogens with one attached hydrogen (secondary N) is 1. The van der Waals surface area contributed by atoms with Crippen molar-refractivity contribution in [2.24, 2.45) is 0 Å². The van der Waals surface area contributed by atoms with Crippen molar-refractivity contribution in [2.45, 2.75) is 59.4 Å². The molecule has 1 aromatic heterocycles. The van der Waals surface area contributed by atoms with E-state index in [9.17, 15) is 9.90 Å². The van der Waals surface area contributed by atoms with Crippen LogP contribution >= 0.6 is 0 Å². The van der Waals surface area contributed by atoms with Crippen LogP contribution in [0.1, 0.15) is 72.5 Å². The zero-order chi connectivity index (χ0) is 40.7. The highest BCUT2D eigenvalue weighted by molar-refractivity contribution is 6.11. The summed E-state index contributed by atoms with van der Waals surface area (Å²) in [6.07, 6.45) is 3.95. The van der Waals surface area contributed by atoms with Gasteiger partial charge in [-0.15, -0.1) is 0 Å². The molecule has 0 unspecified atom stereocenters. The minimum Gasteiger partial charge on any atom is -0.501 e. The third kappa shape index (κ3) is 6.96. The van der Waals surface area contributed by atoms with Gasteiger partial charge in [0, 0.05) is 17.4 Å². The minimum atomic E-state index is -0.978. The standard InChI is InChI=1S/C52H47N3O3/c1-32-28-34(3)47(35(4)29-32)54-26-27-55(48-36(5)30-33(2)31-37(48)6)52(54)50(57)45-43(41-24-22-39(23-25-41)38-16-10-7-11-17-38)44(40-18-12-8-13-19-40)46(49(45)56)53-51(58)42-20-14-9-15-21-42/h7-31,43-44,46H,1-6H3,(H-,53,56,57,58)/p+1/t43-,44-,46-/m0/s1. The van der Waals surface area contributed by atoms with E-state index in [1.807, 2.05) is 88.3 Å². The molecule has 1 amide bonds. The zero-order valence-electron chi connectivity index (χ0n) is 33.8. The molecular formula is C52H48N3O3+. The van der Waals surface area contributed by atoms with Crippen LogP contribution in [0.2, 0.25) is 0 Å². The summed E-state index contributed by atoms with van der Waals surface area (Å²) in [5.74, 6) is -1.53. The fourth-order valence-corrected chi connectivity index (χ4v) is 9.24. The molecule has 0 aliphatic heterocycles. The van der Waals surface area contributed by atoms with E-state index < -0.39 is 17.9 Å². The van der Waals surface area contributed by atoms with Crippen LogP contribution in [0.25, 0.3) is 28.3 Å². The Kier molecular flexibility index (Phi) is 10.3. The summed E-state index contributed by atoms with van der Waals surface area (Å²) in [5.41, 5.74) is 12.8. The maximum atomic E-state index is 15.5. The second-order valence-electron chi connectivity index (χ2n) is 15.7. The van der Waals surface area contributed by atoms with Crippen LogP contribution < -0.4 is 9.88 Å². The maximum Gasteiger partial charge on any atom is 0.335 e. The molecule has 8 rings (SSSR count). The van der Waals surface area contributed by atoms with Gasteiger partial charge in [0.25, 0.3) is 5.91 Å². The number of aliphatic hydroxyl groups excluding tert-OH is 1. The van der Waals surface area contributed by atoms with E-state index in [-0.39, 0.29) is 23.0 Å². The summed E-state index contributed by atoms with van der Waals surface area (Å²) in [6, 6.07) is 44.9. The Morgan fingerprint density at radius 2 is 1.16 bits per heavy atom. The average Bonchev–Trinajstić information content (AvgIpc) is 3.76. The molecule has 1 saturated carbocycles. The number of ketones is 1. The Hall–Kier alpha value is -6.79. The summed E-state index contributed by atoms with van der Waals surface area (Å²) in [7, 11) is 0. The highest BCUT2D eigenvalue weighted by Gasteiger charge is 2.51. The van der Waals surface area contributed by atoms with Crippen LogP contribution in [0.3, 0.4) is 0 Å². The lowest BCUT2D eigenvalue weighted by Crippen LogP contribution is -2.41. The number of aryl methyl sites for hydroxylation is 6. The first kappa shape index (κ1) is 38.1. The molecule has 6 heteroatoms. The summed E-state index contributed by atoms with van der Waals surface area (Å²) in [4.78, 5) is 29.5. The van der Waals surface area contributed by atoms with Crippen LogP contribution in [0, 0.1) is 41.5 Å². The van der Waals surface area contributed by atoms with Crippen molar-refractivity contribution in [2.75, 3.05) is 0 Å². The highest BCUT2D eigenvalue weighted by atomic mass is 16.3. The number of aliphatic hydroxyl groups is 1. The van der Waals surface area contributed by atoms with Gasteiger partial charge in [0.2, 0.25) is 5.76 Å². The topological polar surface area (TPSA) is 75.2 Å². The van der Waals surface area contributed by atoms with Gasteiger partial charge in [-0.05, 0) is 98.2 Å². The number of amides is 1. The molecule has 2 N–H and O–H groups in total. The number of benzene rings is 6. The summed E-state index contributed by atoms with van der Waals surface area (Å²) >= 11 is 0. The largest absolute Gasteiger partial charge is 0.501 e. The van der Waals surface area contributed by atoms with Crippen molar-refractivity contribution in [3.05, 3.63) is 213 Å². The quantitative estimate of drug-likeness (QED) is 0.0920. The predicted molar refractivity (Wildman–Crippen MR) is 232 cm³/mol. The van der Waals surface area contributed by atoms with Crippen LogP contribution in [0.5, 0.6) is 0 Å². The molecule has 1 aliphatic rings. The van der Waals surface area contributed by atoms with Gasteiger partial charge in [-0.3, -0.25) is 9.59 Å². The predicted octanol–water partition coefficient (Wildman–Crippen LogP) is 10.5. The number of Topliss-reactive ketones (excluding diaryl/α,β-unsaturated/α-hetero) is 1. The molecule has 0 spiro atoms. The SMILES string of the molecule is Cc1cc(C)c(-n2cc[n+](-c3c(C)cc(C)cc3C)c2/C(O)=C2\C(=O)[C@@H](NC(=O)c3ccccc3)[C@@H](c3ccccc3)[C@@H]2c2ccc(-c3ccccc3)cc2)c(C)c1. The average molecular weight is 763 g/mol. The van der Waals surface area contributed by atoms with Gasteiger partial charge in [-0.1, -0.05) is 139 Å². The number of carbonyl (C=O) groups excluding carboxylic acids is 2. The molecule has 0 saturated heterocycles. The highest BCUT2D eigenvalue weighted by Crippen LogP contribution is 2.50. The van der Waals surface area contributed by atoms with Gasteiger partial charge in [0.1, 0.15) is 29.8 Å². The molecule has 0 bridgehead atoms. The van der Waals surface area contributed by atoms with Gasteiger partial charge < -0.3 is 10.4 Å². The smallest absolute Gasteiger partial charge is 0.335 e. The lowest BCUT2D eigenvalue weighted by Gasteiger charge is -2.26. The molecule has 58 heavy (non-hydrogen) atoms. The first-order chi connectivity index (χ1) is 28.0. The second kappa shape index (κ2) is 15.6. The molecule has 0 radical (unpaired) electrons. The van der Waals surface area contributed by atoms with E-state index >= 15 is 4.79 Å². The molecule has 1 heterocycles. The Labute approximate surface area is 340 Å². The van der Waals surface area contributed by atoms with Crippen LogP contribution in [-0.2, 0) is 4.79 Å². The van der Waals surface area contributed by atoms with Crippen molar-refractivity contribution in [3.63, 3.8) is 0 Å². The molecule has 288 valence electrons. The molecule has 6 aromatic carbocycles. The molecule has 1 aliphatic carbocycles. The number of hydrogen-bond donors (Lipinski definition) is 2. The molecule has 7 aromatic rings. The number of imidazole rings is 1. The Balaban J connectivity index is 1.42. The van der Waals surface area contributed by atoms with Crippen LogP contribution in [-0.4, -0.2) is 27.4 Å². The van der Waals surface area contributed by atoms with Crippen molar-refractivity contribution in [3.8, 4) is 22.5 Å². The van der Waals surface area contributed by atoms with E-state index in [4.69, 9.17) is 0 Å². The third-order valence-corrected chi connectivity index (χ3v) is 11.5. The summed E-state index contributed by atoms with van der Waals surface area (Å²) in [6.45, 7) is 12.5. The number of carbonyl (C=O) groups is 2. The van der Waals surface area contributed by atoms with Crippen molar-refractivity contribution in [1.29, 1.82) is 0 Å². The van der Waals surface area contributed by atoms with E-state index in [2.05, 4.69) is 108 Å². The number of rotatable bonds is 8. The monoisotopic (exact) mass is 762 g/mol. The lowest BCUT2D eigenvalue weighted by molar-refractivity contribution is -0.599. The van der Waals surface area contributed by atoms with Gasteiger partial charge in [0.05, 0.1) is 5.57 Å². The molecule has 6 nitrogen and oxygen atoms in total. The van der Waals surface area contributed by atoms with Crippen LogP contribution in [0.15, 0.2) is 157 Å². The number of nitrogens with zero attached hydrogens (tertiary/aromatic N) is 2. The first-order valence-corrected chi connectivity index (χ1v) is 19.8. The maximum absolute atomic E-state index is 15.5. The van der Waals surface area contributed by atoms with E-state index in [1.54, 1.807) is 12.1 Å². The molecular weight excluding hydrogens is 715 g/mol. The van der Waals surface area contributed by atoms with Crippen molar-refractivity contribution in [1.82, 2.24) is 9.88 Å². The van der Waals surface area contributed by atoms with Gasteiger partial charge >= 0.3 is 5.82 Å². The van der Waals surface area contributed by atoms with Gasteiger partial charge in [-0.2, -0.15) is 9.13 Å². The molecule has 1 fully saturated rings. The molecule has 3 atom stereocenters. The van der Waals surface area contributed by atoms with Crippen molar-refractivity contribution < 1.29 is 19.3 Å². The Morgan fingerprint density at radius 1 is 0.638 bits per heavy atom. The fraction of sp³-hybridized carbons (Fsp3) is 0.173. The zero-order valence-corrected chi connectivity index (χ0v) is 33.8. The van der Waals surface area contributed by atoms with E-state index in [0.29, 0.717) is 11.4 Å². The summed E-state index contributed by atoms with van der Waals surface area (Å²) in [5, 5.41) is 16.4. The number of hydrogen-bond acceptors (Lipinski definition) is 3.